The highest BCUT2D eigenvalue weighted by molar-refractivity contribution is 5.96. The fraction of sp³-hybridized carbons (Fsp3) is 0.389. The summed E-state index contributed by atoms with van der Waals surface area (Å²) < 4.78 is 1.76. The molecular formula is C18H22N4O2. The molecule has 1 aliphatic heterocycles. The van der Waals surface area contributed by atoms with E-state index in [9.17, 15) is 4.79 Å². The zero-order valence-electron chi connectivity index (χ0n) is 14.0. The van der Waals surface area contributed by atoms with Crippen LogP contribution in [0.15, 0.2) is 47.8 Å². The van der Waals surface area contributed by atoms with Gasteiger partial charge < -0.3 is 10.2 Å². The molecule has 0 saturated heterocycles. The van der Waals surface area contributed by atoms with Gasteiger partial charge in [-0.3, -0.25) is 9.48 Å². The predicted molar refractivity (Wildman–Crippen MR) is 92.0 cm³/mol. The lowest BCUT2D eigenvalue weighted by Gasteiger charge is -2.07. The summed E-state index contributed by atoms with van der Waals surface area (Å²) in [5, 5.41) is 11.2. The molecule has 2 heterocycles. The minimum atomic E-state index is -0.191. The van der Waals surface area contributed by atoms with Crippen LogP contribution in [-0.2, 0) is 11.3 Å². The summed E-state index contributed by atoms with van der Waals surface area (Å²) in [7, 11) is 0. The monoisotopic (exact) mass is 326 g/mol. The highest BCUT2D eigenvalue weighted by atomic mass is 16.6. The van der Waals surface area contributed by atoms with Crippen molar-refractivity contribution in [2.45, 2.75) is 38.8 Å². The largest absolute Gasteiger partial charge is 0.392 e. The first-order valence-electron chi connectivity index (χ1n) is 8.20. The Bertz CT molecular complexity index is 722. The van der Waals surface area contributed by atoms with Crippen LogP contribution < -0.4 is 5.32 Å². The maximum absolute atomic E-state index is 12.1. The average molecular weight is 326 g/mol. The maximum atomic E-state index is 12.1. The standard InChI is InChI=1S/C18H22N4O2/c1-13(2)22-9-8-17(20-22)18(23)19-12-15-11-16(24-21-15)10-14-6-4-3-5-7-14/h3-9,13,16H,10-12H2,1-2H3,(H,19,23). The van der Waals surface area contributed by atoms with E-state index < -0.39 is 0 Å². The van der Waals surface area contributed by atoms with E-state index >= 15 is 0 Å². The van der Waals surface area contributed by atoms with E-state index in [0.717, 1.165) is 18.6 Å². The molecule has 24 heavy (non-hydrogen) atoms. The second-order valence-electron chi connectivity index (χ2n) is 6.24. The normalized spacial score (nSPS) is 16.8. The number of carbonyl (C=O) groups excluding carboxylic acids is 1. The molecule has 0 bridgehead atoms. The summed E-state index contributed by atoms with van der Waals surface area (Å²) in [6, 6.07) is 12.1. The van der Waals surface area contributed by atoms with Crippen molar-refractivity contribution in [2.24, 2.45) is 5.16 Å². The first kappa shape index (κ1) is 16.2. The molecular weight excluding hydrogens is 304 g/mol. The van der Waals surface area contributed by atoms with Crippen molar-refractivity contribution in [2.75, 3.05) is 6.54 Å². The zero-order valence-corrected chi connectivity index (χ0v) is 14.0. The number of hydrogen-bond donors (Lipinski definition) is 1. The Morgan fingerprint density at radius 3 is 2.83 bits per heavy atom. The lowest BCUT2D eigenvalue weighted by Crippen LogP contribution is -2.30. The van der Waals surface area contributed by atoms with Gasteiger partial charge >= 0.3 is 0 Å². The Labute approximate surface area is 141 Å². The molecule has 126 valence electrons. The number of benzene rings is 1. The van der Waals surface area contributed by atoms with Crippen molar-refractivity contribution in [3.63, 3.8) is 0 Å². The van der Waals surface area contributed by atoms with E-state index in [-0.39, 0.29) is 18.1 Å². The fourth-order valence-electron chi connectivity index (χ4n) is 2.60. The van der Waals surface area contributed by atoms with Crippen LogP contribution in [0.2, 0.25) is 0 Å². The zero-order chi connectivity index (χ0) is 16.9. The smallest absolute Gasteiger partial charge is 0.272 e. The molecule has 0 fully saturated rings. The molecule has 6 nitrogen and oxygen atoms in total. The minimum absolute atomic E-state index is 0.0412. The number of rotatable bonds is 6. The van der Waals surface area contributed by atoms with Crippen molar-refractivity contribution < 1.29 is 9.63 Å². The van der Waals surface area contributed by atoms with Crippen LogP contribution in [0.3, 0.4) is 0 Å². The van der Waals surface area contributed by atoms with Crippen LogP contribution in [0.5, 0.6) is 0 Å². The summed E-state index contributed by atoms with van der Waals surface area (Å²) in [6.45, 7) is 4.43. The van der Waals surface area contributed by atoms with E-state index in [0.29, 0.717) is 12.2 Å². The van der Waals surface area contributed by atoms with Gasteiger partial charge in [-0.15, -0.1) is 0 Å². The maximum Gasteiger partial charge on any atom is 0.272 e. The molecule has 2 aromatic rings. The SMILES string of the molecule is CC(C)n1ccc(C(=O)NCC2=NOC(Cc3ccccc3)C2)n1. The van der Waals surface area contributed by atoms with Crippen molar-refractivity contribution in [3.8, 4) is 0 Å². The molecule has 1 aliphatic rings. The van der Waals surface area contributed by atoms with Crippen molar-refractivity contribution >= 4 is 11.6 Å². The summed E-state index contributed by atoms with van der Waals surface area (Å²) in [5.41, 5.74) is 2.50. The number of hydrogen-bond acceptors (Lipinski definition) is 4. The first-order valence-corrected chi connectivity index (χ1v) is 8.20. The molecule has 1 aromatic carbocycles. The van der Waals surface area contributed by atoms with Gasteiger partial charge in [0.2, 0.25) is 0 Å². The third kappa shape index (κ3) is 4.01. The van der Waals surface area contributed by atoms with Crippen LogP contribution in [0.1, 0.15) is 42.4 Å². The molecule has 0 spiro atoms. The lowest BCUT2D eigenvalue weighted by molar-refractivity contribution is 0.0859. The van der Waals surface area contributed by atoms with Gasteiger partial charge in [0.25, 0.3) is 5.91 Å². The number of nitrogens with zero attached hydrogens (tertiary/aromatic N) is 3. The number of carbonyl (C=O) groups is 1. The molecule has 0 radical (unpaired) electrons. The van der Waals surface area contributed by atoms with Crippen LogP contribution >= 0.6 is 0 Å². The van der Waals surface area contributed by atoms with Gasteiger partial charge in [-0.25, -0.2) is 0 Å². The van der Waals surface area contributed by atoms with E-state index in [2.05, 4.69) is 27.7 Å². The highest BCUT2D eigenvalue weighted by Crippen LogP contribution is 2.15. The molecule has 1 aromatic heterocycles. The first-order chi connectivity index (χ1) is 11.6. The molecule has 1 atom stereocenters. The summed E-state index contributed by atoms with van der Waals surface area (Å²) in [5.74, 6) is -0.191. The second kappa shape index (κ2) is 7.29. The van der Waals surface area contributed by atoms with Gasteiger partial charge in [0, 0.05) is 25.1 Å². The molecule has 3 rings (SSSR count). The summed E-state index contributed by atoms with van der Waals surface area (Å²) in [4.78, 5) is 17.6. The van der Waals surface area contributed by atoms with Crippen LogP contribution in [0.25, 0.3) is 0 Å². The third-order valence-electron chi connectivity index (χ3n) is 3.92. The average Bonchev–Trinajstić information content (AvgIpc) is 3.23. The summed E-state index contributed by atoms with van der Waals surface area (Å²) in [6.07, 6.45) is 3.40. The number of oxime groups is 1. The van der Waals surface area contributed by atoms with Gasteiger partial charge in [-0.1, -0.05) is 35.5 Å². The van der Waals surface area contributed by atoms with Gasteiger partial charge in [0.15, 0.2) is 0 Å². The Morgan fingerprint density at radius 2 is 2.12 bits per heavy atom. The molecule has 0 aliphatic carbocycles. The Kier molecular flexibility index (Phi) is 4.93. The molecule has 1 amide bonds. The number of nitrogens with one attached hydrogen (secondary N) is 1. The lowest BCUT2D eigenvalue weighted by atomic mass is 10.0. The van der Waals surface area contributed by atoms with E-state index in [1.807, 2.05) is 38.2 Å². The second-order valence-corrected chi connectivity index (χ2v) is 6.24. The highest BCUT2D eigenvalue weighted by Gasteiger charge is 2.22. The van der Waals surface area contributed by atoms with Gasteiger partial charge in [0.1, 0.15) is 11.8 Å². The molecule has 1 N–H and O–H groups in total. The fourth-order valence-corrected chi connectivity index (χ4v) is 2.60. The van der Waals surface area contributed by atoms with Crippen molar-refractivity contribution in [1.29, 1.82) is 0 Å². The van der Waals surface area contributed by atoms with Gasteiger partial charge in [-0.2, -0.15) is 5.10 Å². The molecule has 1 unspecified atom stereocenters. The van der Waals surface area contributed by atoms with E-state index in [4.69, 9.17) is 4.84 Å². The number of aromatic nitrogens is 2. The van der Waals surface area contributed by atoms with Crippen molar-refractivity contribution in [3.05, 3.63) is 53.9 Å². The Balaban J connectivity index is 1.46. The Hall–Kier alpha value is -2.63. The molecule has 0 saturated carbocycles. The van der Waals surface area contributed by atoms with Crippen LogP contribution in [-0.4, -0.2) is 34.0 Å². The Morgan fingerprint density at radius 1 is 1.33 bits per heavy atom. The third-order valence-corrected chi connectivity index (χ3v) is 3.92. The van der Waals surface area contributed by atoms with Crippen LogP contribution in [0, 0.1) is 0 Å². The predicted octanol–water partition coefficient (Wildman–Crippen LogP) is 2.58. The van der Waals surface area contributed by atoms with Crippen molar-refractivity contribution in [1.82, 2.24) is 15.1 Å². The topological polar surface area (TPSA) is 68.5 Å². The van der Waals surface area contributed by atoms with Gasteiger partial charge in [-0.05, 0) is 25.5 Å². The van der Waals surface area contributed by atoms with E-state index in [1.165, 1.54) is 5.56 Å². The summed E-state index contributed by atoms with van der Waals surface area (Å²) >= 11 is 0. The van der Waals surface area contributed by atoms with Crippen LogP contribution in [0.4, 0.5) is 0 Å². The van der Waals surface area contributed by atoms with E-state index in [1.54, 1.807) is 10.7 Å². The molecule has 6 heteroatoms. The quantitative estimate of drug-likeness (QED) is 0.887. The van der Waals surface area contributed by atoms with Gasteiger partial charge in [0.05, 0.1) is 12.3 Å². The number of amides is 1. The minimum Gasteiger partial charge on any atom is -0.392 e.